The zero-order chi connectivity index (χ0) is 24.8. The first-order valence-corrected chi connectivity index (χ1v) is 11.3. The summed E-state index contributed by atoms with van der Waals surface area (Å²) in [6, 6.07) is 26.3. The molecular formula is C28H24N4O3. The zero-order valence-electron chi connectivity index (χ0n) is 19.5. The molecule has 0 saturated heterocycles. The van der Waals surface area contributed by atoms with Crippen LogP contribution in [0.15, 0.2) is 88.3 Å². The molecule has 1 heterocycles. The topological polar surface area (TPSA) is 95.7 Å². The normalized spacial score (nSPS) is 10.9. The molecule has 0 aliphatic heterocycles. The molecule has 0 bridgehead atoms. The number of hydrogen-bond donors (Lipinski definition) is 0. The van der Waals surface area contributed by atoms with Gasteiger partial charge in [-0.1, -0.05) is 66.7 Å². The fraction of sp³-hybridized carbons (Fsp3) is 0.143. The molecule has 0 aliphatic rings. The van der Waals surface area contributed by atoms with Gasteiger partial charge in [0.05, 0.1) is 4.92 Å². The Morgan fingerprint density at radius 3 is 2.20 bits per heavy atom. The molecule has 7 nitrogen and oxygen atoms in total. The molecule has 0 radical (unpaired) electrons. The summed E-state index contributed by atoms with van der Waals surface area (Å²) >= 11 is 0. The van der Waals surface area contributed by atoms with Gasteiger partial charge in [0.25, 0.3) is 5.69 Å². The lowest BCUT2D eigenvalue weighted by Crippen LogP contribution is -2.22. The number of benzene rings is 3. The number of rotatable bonds is 8. The van der Waals surface area contributed by atoms with E-state index in [2.05, 4.69) is 11.1 Å². The average Bonchev–Trinajstić information content (AvgIpc) is 3.28. The molecule has 174 valence electrons. The summed E-state index contributed by atoms with van der Waals surface area (Å²) in [4.78, 5) is 17.7. The van der Waals surface area contributed by atoms with Crippen molar-refractivity contribution < 1.29 is 9.34 Å². The maximum Gasteiger partial charge on any atom is 0.293 e. The van der Waals surface area contributed by atoms with E-state index in [4.69, 9.17) is 4.42 Å². The Hall–Kier alpha value is -4.70. The summed E-state index contributed by atoms with van der Waals surface area (Å²) in [5.74, 6) is 0.698. The van der Waals surface area contributed by atoms with Gasteiger partial charge in [-0.2, -0.15) is 5.26 Å². The Morgan fingerprint density at radius 2 is 1.63 bits per heavy atom. The third kappa shape index (κ3) is 4.82. The quantitative estimate of drug-likeness (QED) is 0.159. The largest absolute Gasteiger partial charge is 0.436 e. The lowest BCUT2D eigenvalue weighted by molar-refractivity contribution is -0.384. The molecular weight excluding hydrogens is 440 g/mol. The number of nitro benzene ring substituents is 1. The Kier molecular flexibility index (Phi) is 7.03. The number of hydrogen-bond acceptors (Lipinski definition) is 6. The van der Waals surface area contributed by atoms with E-state index in [1.165, 1.54) is 12.3 Å². The minimum absolute atomic E-state index is 0.00699. The molecule has 0 aliphatic carbocycles. The predicted octanol–water partition coefficient (Wildman–Crippen LogP) is 6.99. The van der Waals surface area contributed by atoms with Crippen LogP contribution in [0.2, 0.25) is 0 Å². The number of furan rings is 1. The van der Waals surface area contributed by atoms with Crippen LogP contribution in [0.4, 0.5) is 17.3 Å². The van der Waals surface area contributed by atoms with E-state index in [1.807, 2.05) is 79.4 Å². The summed E-state index contributed by atoms with van der Waals surface area (Å²) in [6.07, 6.45) is 1.49. The summed E-state index contributed by atoms with van der Waals surface area (Å²) in [7, 11) is 0. The molecule has 7 heteroatoms. The Morgan fingerprint density at radius 1 is 1.00 bits per heavy atom. The molecule has 0 unspecified atom stereocenters. The van der Waals surface area contributed by atoms with Crippen molar-refractivity contribution in [3.05, 3.63) is 100 Å². The van der Waals surface area contributed by atoms with Crippen molar-refractivity contribution >= 4 is 23.5 Å². The molecule has 4 rings (SSSR count). The number of nitrogens with zero attached hydrogens (tertiary/aromatic N) is 4. The monoisotopic (exact) mass is 464 g/mol. The second-order valence-electron chi connectivity index (χ2n) is 7.77. The van der Waals surface area contributed by atoms with E-state index < -0.39 is 0 Å². The van der Waals surface area contributed by atoms with Gasteiger partial charge in [-0.3, -0.25) is 10.1 Å². The number of anilines is 1. The second-order valence-corrected chi connectivity index (χ2v) is 7.77. The van der Waals surface area contributed by atoms with Crippen LogP contribution in [-0.2, 0) is 0 Å². The highest BCUT2D eigenvalue weighted by molar-refractivity contribution is 5.90. The third-order valence-electron chi connectivity index (χ3n) is 5.73. The van der Waals surface area contributed by atoms with Crippen molar-refractivity contribution in [1.29, 1.82) is 5.26 Å². The first kappa shape index (κ1) is 23.5. The van der Waals surface area contributed by atoms with Gasteiger partial charge < -0.3 is 9.32 Å². The van der Waals surface area contributed by atoms with Gasteiger partial charge in [0.2, 0.25) is 5.88 Å². The van der Waals surface area contributed by atoms with E-state index in [1.54, 1.807) is 12.1 Å². The molecule has 0 saturated carbocycles. The van der Waals surface area contributed by atoms with Gasteiger partial charge in [0, 0.05) is 36.5 Å². The molecule has 0 spiro atoms. The van der Waals surface area contributed by atoms with Gasteiger partial charge in [-0.05, 0) is 31.0 Å². The van der Waals surface area contributed by atoms with Crippen LogP contribution >= 0.6 is 0 Å². The van der Waals surface area contributed by atoms with Crippen LogP contribution in [-0.4, -0.2) is 24.2 Å². The van der Waals surface area contributed by atoms with Crippen molar-refractivity contribution in [1.82, 2.24) is 0 Å². The average molecular weight is 465 g/mol. The molecule has 0 amide bonds. The van der Waals surface area contributed by atoms with Gasteiger partial charge in [-0.15, -0.1) is 0 Å². The minimum Gasteiger partial charge on any atom is -0.436 e. The lowest BCUT2D eigenvalue weighted by Gasteiger charge is -2.20. The molecule has 0 N–H and O–H groups in total. The first-order valence-electron chi connectivity index (χ1n) is 11.3. The van der Waals surface area contributed by atoms with Crippen molar-refractivity contribution in [2.24, 2.45) is 4.99 Å². The van der Waals surface area contributed by atoms with Gasteiger partial charge in [-0.25, -0.2) is 4.99 Å². The van der Waals surface area contributed by atoms with Gasteiger partial charge in [0.15, 0.2) is 0 Å². The van der Waals surface area contributed by atoms with E-state index in [0.717, 1.165) is 11.1 Å². The predicted molar refractivity (Wildman–Crippen MR) is 138 cm³/mol. The van der Waals surface area contributed by atoms with Gasteiger partial charge >= 0.3 is 0 Å². The summed E-state index contributed by atoms with van der Waals surface area (Å²) in [6.45, 7) is 5.23. The highest BCUT2D eigenvalue weighted by atomic mass is 16.6. The summed E-state index contributed by atoms with van der Waals surface area (Å²) in [5, 5.41) is 21.7. The smallest absolute Gasteiger partial charge is 0.293 e. The second kappa shape index (κ2) is 10.5. The van der Waals surface area contributed by atoms with Crippen LogP contribution in [0.25, 0.3) is 22.5 Å². The molecule has 35 heavy (non-hydrogen) atoms. The molecule has 0 atom stereocenters. The SMILES string of the molecule is CCN(CC)c1ccc(C=Nc2oc(-c3ccccc3)c(-c3ccccc3)c2C#N)cc1[N+](=O)[O-]. The maximum absolute atomic E-state index is 11.7. The van der Waals surface area contributed by atoms with Gasteiger partial charge in [0.1, 0.15) is 23.1 Å². The van der Waals surface area contributed by atoms with Crippen LogP contribution in [0.5, 0.6) is 0 Å². The Bertz CT molecular complexity index is 1400. The fourth-order valence-electron chi connectivity index (χ4n) is 4.02. The Balaban J connectivity index is 1.81. The van der Waals surface area contributed by atoms with Crippen molar-refractivity contribution in [3.8, 4) is 28.5 Å². The summed E-state index contributed by atoms with van der Waals surface area (Å²) < 4.78 is 6.11. The molecule has 3 aromatic carbocycles. The van der Waals surface area contributed by atoms with E-state index in [-0.39, 0.29) is 16.5 Å². The van der Waals surface area contributed by atoms with Crippen LogP contribution < -0.4 is 4.90 Å². The molecule has 1 aromatic heterocycles. The van der Waals surface area contributed by atoms with Crippen molar-refractivity contribution in [2.75, 3.05) is 18.0 Å². The third-order valence-corrected chi connectivity index (χ3v) is 5.73. The van der Waals surface area contributed by atoms with Crippen molar-refractivity contribution in [3.63, 3.8) is 0 Å². The zero-order valence-corrected chi connectivity index (χ0v) is 19.5. The fourth-order valence-corrected chi connectivity index (χ4v) is 4.02. The summed E-state index contributed by atoms with van der Waals surface area (Å²) in [5.41, 5.74) is 3.74. The van der Waals surface area contributed by atoms with Crippen LogP contribution in [0.3, 0.4) is 0 Å². The first-order chi connectivity index (χ1) is 17.1. The number of aliphatic imine (C=N–C) groups is 1. The number of nitro groups is 1. The highest BCUT2D eigenvalue weighted by Crippen LogP contribution is 2.42. The standard InChI is InChI=1S/C28H24N4O3/c1-3-31(4-2)24-16-15-20(17-25(24)32(33)34)19-30-28-23(18-29)26(21-11-7-5-8-12-21)27(35-28)22-13-9-6-10-14-22/h5-17,19H,3-4H2,1-2H3. The molecule has 0 fully saturated rings. The maximum atomic E-state index is 11.7. The lowest BCUT2D eigenvalue weighted by atomic mass is 9.98. The molecule has 4 aromatic rings. The van der Waals surface area contributed by atoms with E-state index >= 15 is 0 Å². The van der Waals surface area contributed by atoms with E-state index in [0.29, 0.717) is 41.2 Å². The Labute approximate surface area is 203 Å². The highest BCUT2D eigenvalue weighted by Gasteiger charge is 2.23. The minimum atomic E-state index is -0.389. The van der Waals surface area contributed by atoms with Crippen molar-refractivity contribution in [2.45, 2.75) is 13.8 Å². The van der Waals surface area contributed by atoms with E-state index in [9.17, 15) is 15.4 Å². The number of nitriles is 1. The van der Waals surface area contributed by atoms with Crippen LogP contribution in [0.1, 0.15) is 25.0 Å². The van der Waals surface area contributed by atoms with Crippen LogP contribution in [0, 0.1) is 21.4 Å².